The van der Waals surface area contributed by atoms with Gasteiger partial charge in [-0.05, 0) is 123 Å². The molecule has 8 aromatic heterocycles. The molecule has 3 aromatic carbocycles. The molecule has 4 fully saturated rings. The van der Waals surface area contributed by atoms with Crippen LogP contribution in [0.2, 0.25) is 72.5 Å². The topological polar surface area (TPSA) is 419 Å². The summed E-state index contributed by atoms with van der Waals surface area (Å²) in [6.07, 6.45) is -7.58. The van der Waals surface area contributed by atoms with E-state index in [1.165, 1.54) is 92.9 Å². The number of benzene rings is 3. The first-order valence-corrected chi connectivity index (χ1v) is 57.2. The van der Waals surface area contributed by atoms with Crippen LogP contribution in [0, 0.1) is 23.7 Å². The molecule has 3 amide bonds. The molecule has 0 bridgehead atoms. The number of alkyl halides is 4. The molecule has 4 saturated heterocycles. The van der Waals surface area contributed by atoms with Crippen molar-refractivity contribution in [1.82, 2.24) is 78.1 Å². The number of amides is 3. The molecule has 0 spiro atoms. The largest absolute Gasteiger partial charge is 0.414 e. The van der Waals surface area contributed by atoms with Gasteiger partial charge in [0, 0.05) is 46.5 Å². The van der Waals surface area contributed by atoms with Gasteiger partial charge in [0.1, 0.15) is 74.1 Å². The van der Waals surface area contributed by atoms with E-state index in [1.54, 1.807) is 78.9 Å². The fraction of sp³-hybridized carbons (Fsp3) is 0.531. The summed E-state index contributed by atoms with van der Waals surface area (Å²) in [4.78, 5) is 95.4. The second-order valence-electron chi connectivity index (χ2n) is 39.8. The lowest BCUT2D eigenvalue weighted by atomic mass is 10.1. The van der Waals surface area contributed by atoms with Crippen molar-refractivity contribution in [2.45, 2.75) is 281 Å². The van der Waals surface area contributed by atoms with Crippen molar-refractivity contribution in [2.24, 2.45) is 0 Å². The number of aliphatic hydroxyl groups excluding tert-OH is 5. The van der Waals surface area contributed by atoms with Crippen molar-refractivity contribution in [3.8, 4) is 23.7 Å². The maximum atomic E-state index is 16.4. The van der Waals surface area contributed by atoms with Gasteiger partial charge < -0.3 is 67.5 Å². The van der Waals surface area contributed by atoms with Crippen molar-refractivity contribution < 1.29 is 96.9 Å². The Hall–Kier alpha value is -10.5. The molecule has 15 rings (SSSR count). The van der Waals surface area contributed by atoms with Gasteiger partial charge in [-0.15, -0.1) is 5.92 Å². The Morgan fingerprint density at radius 1 is 0.460 bits per heavy atom. The number of ether oxygens (including phenoxy) is 4. The summed E-state index contributed by atoms with van der Waals surface area (Å²) in [5, 5.41) is 39.7. The molecular weight excluding hydrogens is 1860 g/mol. The molecule has 750 valence electrons. The maximum Gasteiger partial charge on any atom is 0.260 e. The fourth-order valence-electron chi connectivity index (χ4n) is 14.5. The van der Waals surface area contributed by atoms with Crippen LogP contribution in [-0.2, 0) is 43.1 Å². The molecular formula is C96H131F4N19O16Si4. The Bertz CT molecular complexity index is 6230. The highest BCUT2D eigenvalue weighted by molar-refractivity contribution is 6.75. The molecule has 11 aromatic rings. The zero-order valence-corrected chi connectivity index (χ0v) is 86.6. The van der Waals surface area contributed by atoms with Gasteiger partial charge in [0.25, 0.3) is 17.7 Å². The number of hydrogen-bond acceptors (Lipinski definition) is 28. The third-order valence-corrected chi connectivity index (χ3v) is 44.5. The van der Waals surface area contributed by atoms with Crippen molar-refractivity contribution in [3.63, 3.8) is 0 Å². The lowest BCUT2D eigenvalue weighted by molar-refractivity contribution is -0.0434. The predicted molar refractivity (Wildman–Crippen MR) is 528 cm³/mol. The van der Waals surface area contributed by atoms with Crippen LogP contribution in [0.25, 0.3) is 44.7 Å². The molecule has 0 aliphatic carbocycles. The van der Waals surface area contributed by atoms with Gasteiger partial charge >= 0.3 is 0 Å². The molecule has 6 N–H and O–H groups in total. The van der Waals surface area contributed by atoms with E-state index < -0.39 is 132 Å². The van der Waals surface area contributed by atoms with Crippen LogP contribution in [0.1, 0.15) is 168 Å². The van der Waals surface area contributed by atoms with E-state index >= 15 is 17.6 Å². The van der Waals surface area contributed by atoms with Crippen molar-refractivity contribution in [1.29, 1.82) is 2.86 Å². The minimum absolute atomic E-state index is 0.0247. The summed E-state index contributed by atoms with van der Waals surface area (Å²) >= 11 is 0. The number of nitrogens with one attached hydrogen (secondary N) is 1. The normalized spacial score (nSPS) is 23.3. The number of aliphatic hydroxyl groups is 5. The highest BCUT2D eigenvalue weighted by Crippen LogP contribution is 2.48. The summed E-state index contributed by atoms with van der Waals surface area (Å²) in [7, 11) is -6.47. The maximum absolute atomic E-state index is 16.4. The summed E-state index contributed by atoms with van der Waals surface area (Å²) in [5.74, 6) is 11.0. The predicted octanol–water partition coefficient (Wildman–Crippen LogP) is 14.5. The van der Waals surface area contributed by atoms with Crippen LogP contribution in [-0.4, -0.2) is 278 Å². The molecule has 43 heteroatoms. The standard InChI is InChI=1S/C44H59F2N9O6Si2.C27H34FN5O4Si.C23H30FN5O4Si.2CH4O/c1-27-36(61-63(10,11)44(5,6)7)32(46)42(59-27)55-26-52-34-38(49-24-50-39(34)55)53(40(57)28-18-14-12-15-19-28)21-17-13-16-20-29-33-37(48-23-47-29)54(25-51-33)41-31(45)35(56)30(60-41)22-58-62(8,9)43(2,3)4;1-18-22(37-38(5,6)27(2,3)4)20(28)26(36-18)33-17-31-21-23(29-16-30-24(21)33)32(14-10-11-15-34)25(35)19-12-8-7-9-13-19;1-23(2,3)34(4,5)32-11-15-18(30)16(24)22(33-15)29-13-27-17-19(25-12-26-20(17)29)28-21(31)14-9-7-6-8-10-14;2*1-2/h12,14-15,18-19,23-27,30-32,35-36,41-42,56H,16,20-22H2,1-11H3;7-9,12-13,16-18,20,22,26,34H,14-15H2,1-6H3;6-10,12-13,15-16,18,22,30H,11H2,1-5H3,(H,25,26,28,31);2*2H,1H3/t27-,30-,31-,32-,35?,36-,41-,42-;18-,20-,22-,26-;15-,16-,18?,22-;;/m111../s1/i2*1D;;2*2T. The number of aromatic nitrogens is 16. The number of rotatable bonds is 24. The van der Waals surface area contributed by atoms with Crippen molar-refractivity contribution in [2.75, 3.05) is 62.2 Å². The van der Waals surface area contributed by atoms with Crippen LogP contribution >= 0.6 is 0 Å². The van der Waals surface area contributed by atoms with Crippen LogP contribution in [0.5, 0.6) is 0 Å². The third kappa shape index (κ3) is 24.1. The first-order chi connectivity index (χ1) is 67.5. The zero-order chi connectivity index (χ0) is 105. The minimum atomic E-state index is -2.43. The van der Waals surface area contributed by atoms with E-state index in [1.807, 2.05) is 38.3 Å². The summed E-state index contributed by atoms with van der Waals surface area (Å²) < 4.78 is 146. The number of anilines is 3. The van der Waals surface area contributed by atoms with Gasteiger partial charge in [0.2, 0.25) is 2.86 Å². The molecule has 0 saturated carbocycles. The molecule has 139 heavy (non-hydrogen) atoms. The number of halogens is 4. The number of hydrogen-bond donors (Lipinski definition) is 6. The Labute approximate surface area is 817 Å². The number of aryl methyl sites for hydroxylation is 1. The average molecular weight is 2000 g/mol. The molecule has 0 radical (unpaired) electrons. The number of imidazole rings is 4. The molecule has 12 heterocycles. The van der Waals surface area contributed by atoms with Crippen LogP contribution in [0.3, 0.4) is 0 Å². The Morgan fingerprint density at radius 3 is 1.18 bits per heavy atom. The quantitative estimate of drug-likeness (QED) is 0.0186. The fourth-order valence-corrected chi connectivity index (χ4v) is 19.1. The summed E-state index contributed by atoms with van der Waals surface area (Å²) in [6, 6.07) is 26.0. The Balaban J connectivity index is 0.000000211. The van der Waals surface area contributed by atoms with Crippen LogP contribution in [0.4, 0.5) is 35.0 Å². The second kappa shape index (κ2) is 45.2. The lowest BCUT2D eigenvalue weighted by Crippen LogP contribution is -2.47. The molecule has 4 aliphatic rings. The third-order valence-electron chi connectivity index (χ3n) is 26.6. The SMILES string of the molecule is CC(C)(C)[Si](C)(C)OC[C@H]1O[C@@H](n2cnc3c(NC(=O)c4ccccc4)ncnc32)[C@H](F)C1O.[2H]C[C@H]1O[C@@H](n2cnc3c(N(CC#CCCc4ncnc5c4ncn5[C@@H]4O[C@H](CO[Si](C)(C)C(C)(C)C)C(O)[C@H]4F)C(=O)c4ccccc4)ncnc32)[C@H](F)[C@@H]1O[Si](C)(C)C(C)(C)C.[2H]C[C@H]1O[C@@H](n2cnc3c(N(CC#CCO)C(=O)c4ccccc4)ncnc32)[C@H](F)[C@@H]1O[Si](C)(C)C(C)(C)C.[3H]OC.[3H]OC. The van der Waals surface area contributed by atoms with E-state index in [4.69, 9.17) is 47.4 Å². The summed E-state index contributed by atoms with van der Waals surface area (Å²) in [5.41, 5.74) is 4.24. The number of carbonyl (C=O) groups excluding carboxylic acids is 3. The highest BCUT2D eigenvalue weighted by atomic mass is 28.4. The van der Waals surface area contributed by atoms with Crippen molar-refractivity contribution >= 4 is 113 Å². The van der Waals surface area contributed by atoms with Gasteiger partial charge in [-0.1, -0.05) is 155 Å². The van der Waals surface area contributed by atoms with Gasteiger partial charge in [-0.3, -0.25) is 42.5 Å². The Morgan fingerprint density at radius 2 is 0.799 bits per heavy atom. The monoisotopic (exact) mass is 2000 g/mol. The van der Waals surface area contributed by atoms with E-state index in [9.17, 15) is 24.6 Å². The molecule has 16 atom stereocenters. The second-order valence-corrected chi connectivity index (χ2v) is 58.9. The van der Waals surface area contributed by atoms with E-state index in [2.05, 4.69) is 208 Å². The smallest absolute Gasteiger partial charge is 0.260 e. The first kappa shape index (κ1) is 103. The van der Waals surface area contributed by atoms with Gasteiger partial charge in [0.15, 0.2) is 139 Å². The molecule has 35 nitrogen and oxygen atoms in total. The average Bonchev–Trinajstić information content (AvgIpc) is 1.65. The molecule has 4 aliphatic heterocycles. The number of fused-ring (bicyclic) bond motifs is 4. The number of nitrogens with zero attached hydrogens (tertiary/aromatic N) is 18. The van der Waals surface area contributed by atoms with Crippen molar-refractivity contribution in [3.05, 3.63) is 164 Å². The van der Waals surface area contributed by atoms with Crippen LogP contribution in [0.15, 0.2) is 142 Å². The number of carbonyl (C=O) groups is 3. The highest BCUT2D eigenvalue weighted by Gasteiger charge is 2.54. The Kier molecular flexibility index (Phi) is 33.4. The van der Waals surface area contributed by atoms with Crippen LogP contribution < -0.4 is 15.1 Å². The molecule has 2 unspecified atom stereocenters. The van der Waals surface area contributed by atoms with Gasteiger partial charge in [0.05, 0.1) is 69.5 Å². The first-order valence-electron chi connectivity index (χ1n) is 47.8. The summed E-state index contributed by atoms with van der Waals surface area (Å²) in [6.45, 7) is 40.9. The van der Waals surface area contributed by atoms with Gasteiger partial charge in [-0.25, -0.2) is 77.4 Å². The van der Waals surface area contributed by atoms with E-state index in [-0.39, 0.29) is 136 Å². The van der Waals surface area contributed by atoms with E-state index in [0.29, 0.717) is 46.4 Å². The van der Waals surface area contributed by atoms with Gasteiger partial charge in [-0.2, -0.15) is 0 Å². The zero-order valence-electron chi connectivity index (χ0n) is 86.6. The van der Waals surface area contributed by atoms with E-state index in [0.717, 1.165) is 0 Å². The minimum Gasteiger partial charge on any atom is -0.414 e. The lowest BCUT2D eigenvalue weighted by Gasteiger charge is -2.39.